The lowest BCUT2D eigenvalue weighted by atomic mass is 10.1. The van der Waals surface area contributed by atoms with Gasteiger partial charge in [0.15, 0.2) is 6.61 Å². The van der Waals surface area contributed by atoms with Crippen LogP contribution >= 0.6 is 11.3 Å². The fourth-order valence-corrected chi connectivity index (χ4v) is 4.25. The summed E-state index contributed by atoms with van der Waals surface area (Å²) < 4.78 is 5.22. The van der Waals surface area contributed by atoms with Gasteiger partial charge < -0.3 is 9.64 Å². The van der Waals surface area contributed by atoms with Crippen LogP contribution in [-0.4, -0.2) is 30.4 Å². The van der Waals surface area contributed by atoms with Crippen molar-refractivity contribution in [2.75, 3.05) is 13.7 Å². The van der Waals surface area contributed by atoms with Gasteiger partial charge in [-0.15, -0.1) is 11.3 Å². The number of nitrogens with zero attached hydrogens (tertiary/aromatic N) is 1. The molecule has 0 fully saturated rings. The van der Waals surface area contributed by atoms with Crippen LogP contribution in [0.3, 0.4) is 0 Å². The summed E-state index contributed by atoms with van der Waals surface area (Å²) in [5.41, 5.74) is 4.72. The molecule has 0 N–H and O–H groups in total. The third kappa shape index (κ3) is 4.10. The second-order valence-corrected chi connectivity index (χ2v) is 7.81. The largest absolute Gasteiger partial charge is 0.451 e. The molecule has 3 rings (SSSR count). The minimum Gasteiger partial charge on any atom is -0.451 e. The van der Waals surface area contributed by atoms with Crippen LogP contribution in [0.2, 0.25) is 0 Å². The molecular formula is C20H23NO3S. The molecule has 1 heterocycles. The molecule has 1 amide bonds. The van der Waals surface area contributed by atoms with E-state index in [0.29, 0.717) is 11.4 Å². The smallest absolute Gasteiger partial charge is 0.348 e. The lowest BCUT2D eigenvalue weighted by Crippen LogP contribution is -2.31. The monoisotopic (exact) mass is 357 g/mol. The number of fused-ring (bicyclic) bond motifs is 1. The van der Waals surface area contributed by atoms with E-state index in [1.165, 1.54) is 27.3 Å². The van der Waals surface area contributed by atoms with Crippen molar-refractivity contribution in [3.63, 3.8) is 0 Å². The summed E-state index contributed by atoms with van der Waals surface area (Å²) in [7, 11) is 1.73. The molecule has 1 aliphatic rings. The van der Waals surface area contributed by atoms with Gasteiger partial charge in [0.2, 0.25) is 0 Å². The summed E-state index contributed by atoms with van der Waals surface area (Å²) in [4.78, 5) is 27.9. The van der Waals surface area contributed by atoms with E-state index in [-0.39, 0.29) is 12.5 Å². The number of thiophene rings is 1. The van der Waals surface area contributed by atoms with Crippen molar-refractivity contribution in [1.82, 2.24) is 4.90 Å². The first-order valence-corrected chi connectivity index (χ1v) is 9.34. The van der Waals surface area contributed by atoms with Gasteiger partial charge in [0, 0.05) is 18.5 Å². The molecule has 0 spiro atoms. The maximum absolute atomic E-state index is 12.3. The van der Waals surface area contributed by atoms with Gasteiger partial charge >= 0.3 is 5.97 Å². The first-order chi connectivity index (χ1) is 11.9. The molecule has 0 aliphatic heterocycles. The Balaban J connectivity index is 1.53. The Morgan fingerprint density at radius 1 is 1.20 bits per heavy atom. The maximum Gasteiger partial charge on any atom is 0.348 e. The first-order valence-electron chi connectivity index (χ1n) is 8.53. The Hall–Kier alpha value is -2.14. The molecule has 4 nitrogen and oxygen atoms in total. The third-order valence-corrected chi connectivity index (χ3v) is 5.82. The molecule has 25 heavy (non-hydrogen) atoms. The third-order valence-electron chi connectivity index (χ3n) is 4.61. The number of amides is 1. The highest BCUT2D eigenvalue weighted by molar-refractivity contribution is 7.14. The molecule has 0 unspecified atom stereocenters. The molecular weight excluding hydrogens is 334 g/mol. The fourth-order valence-electron chi connectivity index (χ4n) is 3.11. The molecule has 1 aromatic heterocycles. The topological polar surface area (TPSA) is 46.6 Å². The number of likely N-dealkylation sites (N-methyl/N-ethyl adjacent to an activating group) is 1. The van der Waals surface area contributed by atoms with Gasteiger partial charge in [0.05, 0.1) is 0 Å². The summed E-state index contributed by atoms with van der Waals surface area (Å²) in [6, 6.07) is 8.09. The molecule has 0 atom stereocenters. The standard InChI is InChI=1S/C20H23NO3S/c1-13-7-8-16(14(2)9-13)11-21(3)19(22)12-24-20(23)18-10-15-5-4-6-17(15)25-18/h7-10H,4-6,11-12H2,1-3H3. The number of rotatable bonds is 5. The molecule has 132 valence electrons. The van der Waals surface area contributed by atoms with Crippen molar-refractivity contribution in [1.29, 1.82) is 0 Å². The molecule has 0 bridgehead atoms. The average Bonchev–Trinajstić information content (AvgIpc) is 3.16. The Morgan fingerprint density at radius 3 is 2.72 bits per heavy atom. The predicted molar refractivity (Wildman–Crippen MR) is 99.0 cm³/mol. The number of hydrogen-bond donors (Lipinski definition) is 0. The van der Waals surface area contributed by atoms with Gasteiger partial charge in [-0.25, -0.2) is 4.79 Å². The average molecular weight is 357 g/mol. The summed E-state index contributed by atoms with van der Waals surface area (Å²) >= 11 is 1.50. The van der Waals surface area contributed by atoms with E-state index in [0.717, 1.165) is 30.4 Å². The molecule has 5 heteroatoms. The van der Waals surface area contributed by atoms with Gasteiger partial charge in [0.25, 0.3) is 5.91 Å². The molecule has 1 aliphatic carbocycles. The Labute approximate surface area is 152 Å². The van der Waals surface area contributed by atoms with Crippen molar-refractivity contribution in [3.05, 3.63) is 56.3 Å². The van der Waals surface area contributed by atoms with Crippen molar-refractivity contribution in [3.8, 4) is 0 Å². The Morgan fingerprint density at radius 2 is 2.00 bits per heavy atom. The number of ether oxygens (including phenoxy) is 1. The fraction of sp³-hybridized carbons (Fsp3) is 0.400. The van der Waals surface area contributed by atoms with Gasteiger partial charge in [-0.1, -0.05) is 23.8 Å². The Bertz CT molecular complexity index is 788. The van der Waals surface area contributed by atoms with Crippen molar-refractivity contribution < 1.29 is 14.3 Å². The number of esters is 1. The molecule has 0 saturated carbocycles. The van der Waals surface area contributed by atoms with E-state index >= 15 is 0 Å². The van der Waals surface area contributed by atoms with E-state index in [4.69, 9.17) is 4.74 Å². The van der Waals surface area contributed by atoms with Crippen LogP contribution in [0.4, 0.5) is 0 Å². The van der Waals surface area contributed by atoms with Crippen LogP contribution in [0.15, 0.2) is 24.3 Å². The minimum absolute atomic E-state index is 0.197. The predicted octanol–water partition coefficient (Wildman–Crippen LogP) is 3.67. The SMILES string of the molecule is Cc1ccc(CN(C)C(=O)COC(=O)c2cc3c(s2)CCC3)c(C)c1. The number of carbonyl (C=O) groups is 2. The number of aryl methyl sites for hydroxylation is 4. The van der Waals surface area contributed by atoms with E-state index in [1.54, 1.807) is 11.9 Å². The van der Waals surface area contributed by atoms with Gasteiger partial charge in [-0.05, 0) is 55.9 Å². The summed E-state index contributed by atoms with van der Waals surface area (Å²) in [5.74, 6) is -0.593. The van der Waals surface area contributed by atoms with E-state index < -0.39 is 5.97 Å². The van der Waals surface area contributed by atoms with Crippen LogP contribution < -0.4 is 0 Å². The van der Waals surface area contributed by atoms with E-state index in [1.807, 2.05) is 32.0 Å². The second kappa shape index (κ2) is 7.40. The van der Waals surface area contributed by atoms with Crippen molar-refractivity contribution >= 4 is 23.2 Å². The van der Waals surface area contributed by atoms with Crippen LogP contribution in [-0.2, 0) is 28.9 Å². The van der Waals surface area contributed by atoms with Crippen LogP contribution in [0.1, 0.15) is 43.2 Å². The highest BCUT2D eigenvalue weighted by atomic mass is 32.1. The van der Waals surface area contributed by atoms with E-state index in [2.05, 4.69) is 6.07 Å². The van der Waals surface area contributed by atoms with Crippen LogP contribution in [0, 0.1) is 13.8 Å². The lowest BCUT2D eigenvalue weighted by molar-refractivity contribution is -0.133. The molecule has 0 radical (unpaired) electrons. The number of benzene rings is 1. The number of hydrogen-bond acceptors (Lipinski definition) is 4. The van der Waals surface area contributed by atoms with Gasteiger partial charge in [0.1, 0.15) is 4.88 Å². The summed E-state index contributed by atoms with van der Waals surface area (Å²) in [5, 5.41) is 0. The highest BCUT2D eigenvalue weighted by Crippen LogP contribution is 2.30. The zero-order chi connectivity index (χ0) is 18.0. The van der Waals surface area contributed by atoms with Gasteiger partial charge in [-0.3, -0.25) is 4.79 Å². The lowest BCUT2D eigenvalue weighted by Gasteiger charge is -2.18. The summed E-state index contributed by atoms with van der Waals surface area (Å²) in [6.45, 7) is 4.38. The summed E-state index contributed by atoms with van der Waals surface area (Å²) in [6.07, 6.45) is 3.25. The first kappa shape index (κ1) is 17.7. The molecule has 1 aromatic carbocycles. The molecule has 2 aromatic rings. The minimum atomic E-state index is -0.396. The second-order valence-electron chi connectivity index (χ2n) is 6.67. The van der Waals surface area contributed by atoms with E-state index in [9.17, 15) is 9.59 Å². The Kier molecular flexibility index (Phi) is 5.23. The zero-order valence-electron chi connectivity index (χ0n) is 14.9. The normalized spacial score (nSPS) is 12.8. The van der Waals surface area contributed by atoms with Gasteiger partial charge in [-0.2, -0.15) is 0 Å². The maximum atomic E-state index is 12.3. The zero-order valence-corrected chi connectivity index (χ0v) is 15.7. The van der Waals surface area contributed by atoms with Crippen LogP contribution in [0.5, 0.6) is 0 Å². The highest BCUT2D eigenvalue weighted by Gasteiger charge is 2.20. The van der Waals surface area contributed by atoms with Crippen molar-refractivity contribution in [2.24, 2.45) is 0 Å². The number of carbonyl (C=O) groups excluding carboxylic acids is 2. The molecule has 0 saturated heterocycles. The van der Waals surface area contributed by atoms with Crippen molar-refractivity contribution in [2.45, 2.75) is 39.7 Å². The van der Waals surface area contributed by atoms with Crippen LogP contribution in [0.25, 0.3) is 0 Å². The quantitative estimate of drug-likeness (QED) is 0.767.